The molecule has 1 N–H and O–H groups in total. The number of hydrogen-bond donors (Lipinski definition) is 1. The Morgan fingerprint density at radius 1 is 1.37 bits per heavy atom. The number of aromatic nitrogens is 2. The smallest absolute Gasteiger partial charge is 0.338 e. The molecule has 2 aromatic rings. The van der Waals surface area contributed by atoms with Gasteiger partial charge >= 0.3 is 5.97 Å². The molecule has 144 valence electrons. The average molecular weight is 456 g/mol. The molecule has 1 atom stereocenters. The van der Waals surface area contributed by atoms with Crippen LogP contribution < -0.4 is 5.32 Å². The minimum absolute atomic E-state index is 0.00510. The van der Waals surface area contributed by atoms with Crippen LogP contribution in [0.25, 0.3) is 0 Å². The van der Waals surface area contributed by atoms with Crippen LogP contribution in [-0.2, 0) is 19.4 Å². The number of aryl methyl sites for hydroxylation is 1. The molecule has 0 bridgehead atoms. The number of benzene rings is 1. The molecule has 8 nitrogen and oxygen atoms in total. The number of amides is 1. The number of nitrogens with zero attached hydrogens (tertiary/aromatic N) is 2. The molecule has 1 saturated heterocycles. The fourth-order valence-corrected chi connectivity index (χ4v) is 4.96. The zero-order valence-electron chi connectivity index (χ0n) is 14.5. The van der Waals surface area contributed by atoms with E-state index in [1.54, 1.807) is 37.3 Å². The normalized spacial score (nSPS) is 18.2. The van der Waals surface area contributed by atoms with Crippen LogP contribution in [0.1, 0.15) is 28.5 Å². The van der Waals surface area contributed by atoms with E-state index < -0.39 is 28.3 Å². The summed E-state index contributed by atoms with van der Waals surface area (Å²) >= 11 is 3.27. The Balaban J connectivity index is 1.62. The third-order valence-corrected chi connectivity index (χ3v) is 6.32. The van der Waals surface area contributed by atoms with Crippen LogP contribution in [0.2, 0.25) is 0 Å². The molecule has 1 fully saturated rings. The third kappa shape index (κ3) is 4.95. The second-order valence-corrected chi connectivity index (χ2v) is 9.45. The Morgan fingerprint density at radius 2 is 2.15 bits per heavy atom. The predicted octanol–water partition coefficient (Wildman–Crippen LogP) is 2.11. The molecule has 27 heavy (non-hydrogen) atoms. The van der Waals surface area contributed by atoms with Crippen LogP contribution in [0.4, 0.5) is 5.82 Å². The molecular formula is C17H18BrN3O5S. The molecule has 0 radical (unpaired) electrons. The summed E-state index contributed by atoms with van der Waals surface area (Å²) < 4.78 is 30.7. The lowest BCUT2D eigenvalue weighted by Crippen LogP contribution is -2.24. The Kier molecular flexibility index (Phi) is 5.66. The average Bonchev–Trinajstić information content (AvgIpc) is 3.14. The van der Waals surface area contributed by atoms with Gasteiger partial charge < -0.3 is 10.1 Å². The number of carbonyl (C=O) groups excluding carboxylic acids is 2. The molecule has 0 saturated carbocycles. The summed E-state index contributed by atoms with van der Waals surface area (Å²) in [7, 11) is -3.08. The standard InChI is InChI=1S/C17H18BrN3O5S/c1-11-7-15(21(20-11)14-5-6-27(24,25)10-14)19-16(22)9-26-17(23)12-3-2-4-13(18)8-12/h2-4,7-8,14H,5-6,9-10H2,1H3,(H,19,22). The van der Waals surface area contributed by atoms with Gasteiger partial charge in [-0.3, -0.25) is 4.79 Å². The fraction of sp³-hybridized carbons (Fsp3) is 0.353. The van der Waals surface area contributed by atoms with Gasteiger partial charge in [0, 0.05) is 10.5 Å². The summed E-state index contributed by atoms with van der Waals surface area (Å²) in [5.74, 6) is -0.653. The summed E-state index contributed by atoms with van der Waals surface area (Å²) in [6.07, 6.45) is 0.449. The van der Waals surface area contributed by atoms with Crippen LogP contribution in [0.15, 0.2) is 34.8 Å². The molecule has 1 aliphatic heterocycles. The van der Waals surface area contributed by atoms with Crippen molar-refractivity contribution in [1.82, 2.24) is 9.78 Å². The Hall–Kier alpha value is -2.20. The highest BCUT2D eigenvalue weighted by Crippen LogP contribution is 2.27. The topological polar surface area (TPSA) is 107 Å². The van der Waals surface area contributed by atoms with Gasteiger partial charge in [0.05, 0.1) is 28.8 Å². The van der Waals surface area contributed by atoms with Gasteiger partial charge in [0.1, 0.15) is 5.82 Å². The highest BCUT2D eigenvalue weighted by Gasteiger charge is 2.31. The summed E-state index contributed by atoms with van der Waals surface area (Å²) in [6.45, 7) is 1.29. The lowest BCUT2D eigenvalue weighted by molar-refractivity contribution is -0.119. The number of esters is 1. The zero-order chi connectivity index (χ0) is 19.6. The van der Waals surface area contributed by atoms with Gasteiger partial charge in [0.25, 0.3) is 5.91 Å². The van der Waals surface area contributed by atoms with Crippen molar-refractivity contribution in [3.63, 3.8) is 0 Å². The van der Waals surface area contributed by atoms with Gasteiger partial charge in [-0.05, 0) is 31.5 Å². The van der Waals surface area contributed by atoms with E-state index >= 15 is 0 Å². The number of ether oxygens (including phenoxy) is 1. The van der Waals surface area contributed by atoms with Crippen LogP contribution in [0.3, 0.4) is 0 Å². The van der Waals surface area contributed by atoms with E-state index in [0.717, 1.165) is 4.47 Å². The highest BCUT2D eigenvalue weighted by atomic mass is 79.9. The molecule has 3 rings (SSSR count). The monoisotopic (exact) mass is 455 g/mol. The number of nitrogens with one attached hydrogen (secondary N) is 1. The molecule has 2 heterocycles. The number of anilines is 1. The van der Waals surface area contributed by atoms with Gasteiger partial charge in [-0.25, -0.2) is 17.9 Å². The minimum atomic E-state index is -3.08. The predicted molar refractivity (Wildman–Crippen MR) is 102 cm³/mol. The maximum atomic E-state index is 12.2. The van der Waals surface area contributed by atoms with E-state index in [4.69, 9.17) is 4.74 Å². The van der Waals surface area contributed by atoms with Crippen molar-refractivity contribution in [2.24, 2.45) is 0 Å². The number of sulfone groups is 1. The Labute approximate surface area is 164 Å². The molecule has 1 aromatic carbocycles. The van der Waals surface area contributed by atoms with Crippen LogP contribution >= 0.6 is 15.9 Å². The lowest BCUT2D eigenvalue weighted by atomic mass is 10.2. The second kappa shape index (κ2) is 7.81. The number of carbonyl (C=O) groups is 2. The summed E-state index contributed by atoms with van der Waals surface area (Å²) in [4.78, 5) is 24.2. The van der Waals surface area contributed by atoms with Crippen LogP contribution in [0, 0.1) is 6.92 Å². The van der Waals surface area contributed by atoms with Crippen molar-refractivity contribution in [1.29, 1.82) is 0 Å². The summed E-state index contributed by atoms with van der Waals surface area (Å²) in [6, 6.07) is 7.99. The van der Waals surface area contributed by atoms with E-state index in [2.05, 4.69) is 26.3 Å². The number of halogens is 1. The molecule has 10 heteroatoms. The summed E-state index contributed by atoms with van der Waals surface area (Å²) in [5, 5.41) is 6.92. The van der Waals surface area contributed by atoms with Crippen LogP contribution in [-0.4, -0.2) is 48.2 Å². The largest absolute Gasteiger partial charge is 0.452 e. The minimum Gasteiger partial charge on any atom is -0.452 e. The fourth-order valence-electron chi connectivity index (χ4n) is 2.87. The number of rotatable bonds is 5. The zero-order valence-corrected chi connectivity index (χ0v) is 16.9. The van der Waals surface area contributed by atoms with Gasteiger partial charge in [0.15, 0.2) is 16.4 Å². The molecule has 1 aliphatic rings. The lowest BCUT2D eigenvalue weighted by Gasteiger charge is -2.13. The van der Waals surface area contributed by atoms with E-state index in [1.165, 1.54) is 4.68 Å². The second-order valence-electron chi connectivity index (χ2n) is 6.31. The van der Waals surface area contributed by atoms with Crippen molar-refractivity contribution in [2.45, 2.75) is 19.4 Å². The van der Waals surface area contributed by atoms with E-state index in [1.807, 2.05) is 0 Å². The first-order valence-electron chi connectivity index (χ1n) is 8.22. The molecule has 0 aliphatic carbocycles. The summed E-state index contributed by atoms with van der Waals surface area (Å²) in [5.41, 5.74) is 0.981. The highest BCUT2D eigenvalue weighted by molar-refractivity contribution is 9.10. The Morgan fingerprint density at radius 3 is 2.81 bits per heavy atom. The van der Waals surface area contributed by atoms with Gasteiger partial charge in [-0.2, -0.15) is 5.10 Å². The first-order chi connectivity index (χ1) is 12.7. The van der Waals surface area contributed by atoms with Gasteiger partial charge in [-0.1, -0.05) is 22.0 Å². The van der Waals surface area contributed by atoms with Crippen LogP contribution in [0.5, 0.6) is 0 Å². The van der Waals surface area contributed by atoms with Crippen molar-refractivity contribution in [3.8, 4) is 0 Å². The maximum Gasteiger partial charge on any atom is 0.338 e. The maximum absolute atomic E-state index is 12.2. The Bertz CT molecular complexity index is 986. The van der Waals surface area contributed by atoms with E-state index in [0.29, 0.717) is 23.5 Å². The molecule has 1 amide bonds. The SMILES string of the molecule is Cc1cc(NC(=O)COC(=O)c2cccc(Br)c2)n(C2CCS(=O)(=O)C2)n1. The van der Waals surface area contributed by atoms with Crippen molar-refractivity contribution in [3.05, 3.63) is 46.1 Å². The molecule has 0 spiro atoms. The molecule has 1 aromatic heterocycles. The van der Waals surface area contributed by atoms with Crippen molar-refractivity contribution < 1.29 is 22.7 Å². The van der Waals surface area contributed by atoms with Crippen molar-refractivity contribution >= 4 is 43.5 Å². The van der Waals surface area contributed by atoms with Crippen molar-refractivity contribution in [2.75, 3.05) is 23.4 Å². The number of hydrogen-bond acceptors (Lipinski definition) is 6. The quantitative estimate of drug-likeness (QED) is 0.691. The molecular weight excluding hydrogens is 438 g/mol. The molecule has 1 unspecified atom stereocenters. The first kappa shape index (κ1) is 19.6. The van der Waals surface area contributed by atoms with Gasteiger partial charge in [0.2, 0.25) is 0 Å². The third-order valence-electron chi connectivity index (χ3n) is 4.07. The van der Waals surface area contributed by atoms with Gasteiger partial charge in [-0.15, -0.1) is 0 Å². The van der Waals surface area contributed by atoms with E-state index in [-0.39, 0.29) is 17.5 Å². The first-order valence-corrected chi connectivity index (χ1v) is 10.8. The van der Waals surface area contributed by atoms with E-state index in [9.17, 15) is 18.0 Å².